The second-order valence-corrected chi connectivity index (χ2v) is 6.98. The molecule has 5 heteroatoms. The number of nitrogens with zero attached hydrogens (tertiary/aromatic N) is 1. The molecule has 134 valence electrons. The second kappa shape index (κ2) is 8.43. The molecule has 0 heterocycles. The minimum atomic E-state index is -0.187. The van der Waals surface area contributed by atoms with Crippen molar-refractivity contribution in [1.82, 2.24) is 0 Å². The van der Waals surface area contributed by atoms with E-state index in [1.54, 1.807) is 19.2 Å². The minimum absolute atomic E-state index is 0.187. The van der Waals surface area contributed by atoms with Crippen molar-refractivity contribution >= 4 is 23.4 Å². The van der Waals surface area contributed by atoms with Gasteiger partial charge < -0.3 is 10.1 Å². The fourth-order valence-electron chi connectivity index (χ4n) is 2.58. The van der Waals surface area contributed by atoms with Crippen LogP contribution in [0.25, 0.3) is 0 Å². The summed E-state index contributed by atoms with van der Waals surface area (Å²) in [5, 5.41) is 12.4. The molecule has 3 aromatic carbocycles. The standard InChI is InChI=1S/C22H18N2O2S/c1-15-5-3-4-6-20(15)22(25)24-17-7-12-21(16(13-17)14-23)27-19-10-8-18(26-2)9-11-19/h3-13H,1-2H3,(H,24,25). The van der Waals surface area contributed by atoms with Gasteiger partial charge in [-0.3, -0.25) is 4.79 Å². The first kappa shape index (κ1) is 18.6. The number of carbonyl (C=O) groups excluding carboxylic acids is 1. The van der Waals surface area contributed by atoms with E-state index in [0.29, 0.717) is 16.8 Å². The molecule has 0 atom stereocenters. The van der Waals surface area contributed by atoms with Crippen molar-refractivity contribution in [3.05, 3.63) is 83.4 Å². The van der Waals surface area contributed by atoms with Gasteiger partial charge in [0.15, 0.2) is 0 Å². The van der Waals surface area contributed by atoms with Crippen LogP contribution in [0.15, 0.2) is 76.5 Å². The first-order chi connectivity index (χ1) is 13.1. The smallest absolute Gasteiger partial charge is 0.255 e. The zero-order valence-electron chi connectivity index (χ0n) is 15.0. The lowest BCUT2D eigenvalue weighted by atomic mass is 10.1. The lowest BCUT2D eigenvalue weighted by molar-refractivity contribution is 0.102. The van der Waals surface area contributed by atoms with Crippen molar-refractivity contribution in [2.75, 3.05) is 12.4 Å². The number of nitrogens with one attached hydrogen (secondary N) is 1. The molecular weight excluding hydrogens is 356 g/mol. The van der Waals surface area contributed by atoms with Gasteiger partial charge in [0.2, 0.25) is 0 Å². The Hall–Kier alpha value is -3.23. The van der Waals surface area contributed by atoms with E-state index in [-0.39, 0.29) is 5.91 Å². The summed E-state index contributed by atoms with van der Waals surface area (Å²) in [7, 11) is 1.62. The van der Waals surface area contributed by atoms with E-state index >= 15 is 0 Å². The molecule has 0 aromatic heterocycles. The maximum Gasteiger partial charge on any atom is 0.255 e. The number of anilines is 1. The van der Waals surface area contributed by atoms with Gasteiger partial charge in [-0.25, -0.2) is 0 Å². The minimum Gasteiger partial charge on any atom is -0.497 e. The molecule has 3 aromatic rings. The van der Waals surface area contributed by atoms with E-state index in [2.05, 4.69) is 11.4 Å². The fraction of sp³-hybridized carbons (Fsp3) is 0.0909. The predicted octanol–water partition coefficient (Wildman–Crippen LogP) is 5.28. The van der Waals surface area contributed by atoms with Crippen LogP contribution in [0.1, 0.15) is 21.5 Å². The summed E-state index contributed by atoms with van der Waals surface area (Å²) in [6.45, 7) is 1.89. The van der Waals surface area contributed by atoms with Gasteiger partial charge in [-0.05, 0) is 61.0 Å². The highest BCUT2D eigenvalue weighted by atomic mass is 32.2. The summed E-state index contributed by atoms with van der Waals surface area (Å²) in [4.78, 5) is 14.3. The Morgan fingerprint density at radius 3 is 2.48 bits per heavy atom. The zero-order valence-corrected chi connectivity index (χ0v) is 15.8. The van der Waals surface area contributed by atoms with Crippen molar-refractivity contribution in [2.45, 2.75) is 16.7 Å². The topological polar surface area (TPSA) is 62.1 Å². The number of hydrogen-bond acceptors (Lipinski definition) is 4. The highest BCUT2D eigenvalue weighted by Crippen LogP contribution is 2.32. The molecule has 1 amide bonds. The predicted molar refractivity (Wildman–Crippen MR) is 107 cm³/mol. The molecule has 0 bridgehead atoms. The molecule has 0 unspecified atom stereocenters. The molecule has 0 aliphatic rings. The normalized spacial score (nSPS) is 10.1. The average Bonchev–Trinajstić information content (AvgIpc) is 2.70. The van der Waals surface area contributed by atoms with Crippen molar-refractivity contribution < 1.29 is 9.53 Å². The molecule has 1 N–H and O–H groups in total. The van der Waals surface area contributed by atoms with E-state index in [1.165, 1.54) is 11.8 Å². The Bertz CT molecular complexity index is 1010. The molecule has 0 fully saturated rings. The number of amides is 1. The third-order valence-corrected chi connectivity index (χ3v) is 5.12. The molecule has 3 rings (SSSR count). The lowest BCUT2D eigenvalue weighted by Crippen LogP contribution is -2.13. The highest BCUT2D eigenvalue weighted by molar-refractivity contribution is 7.99. The number of methoxy groups -OCH3 is 1. The molecule has 4 nitrogen and oxygen atoms in total. The van der Waals surface area contributed by atoms with Crippen LogP contribution in [0.3, 0.4) is 0 Å². The summed E-state index contributed by atoms with van der Waals surface area (Å²) >= 11 is 1.49. The van der Waals surface area contributed by atoms with Gasteiger partial charge in [-0.15, -0.1) is 0 Å². The molecular formula is C22H18N2O2S. The Labute approximate surface area is 162 Å². The van der Waals surface area contributed by atoms with Crippen LogP contribution in [-0.4, -0.2) is 13.0 Å². The Balaban J connectivity index is 1.78. The Morgan fingerprint density at radius 1 is 1.07 bits per heavy atom. The van der Waals surface area contributed by atoms with E-state index in [0.717, 1.165) is 21.1 Å². The van der Waals surface area contributed by atoms with Crippen LogP contribution in [-0.2, 0) is 0 Å². The SMILES string of the molecule is COc1ccc(Sc2ccc(NC(=O)c3ccccc3C)cc2C#N)cc1. The number of rotatable bonds is 5. The quantitative estimate of drug-likeness (QED) is 0.660. The van der Waals surface area contributed by atoms with Gasteiger partial charge in [0.1, 0.15) is 11.8 Å². The lowest BCUT2D eigenvalue weighted by Gasteiger charge is -2.10. The van der Waals surface area contributed by atoms with Gasteiger partial charge in [0.25, 0.3) is 5.91 Å². The monoisotopic (exact) mass is 374 g/mol. The molecule has 0 spiro atoms. The van der Waals surface area contributed by atoms with Crippen LogP contribution < -0.4 is 10.1 Å². The van der Waals surface area contributed by atoms with Gasteiger partial charge in [-0.2, -0.15) is 5.26 Å². The highest BCUT2D eigenvalue weighted by Gasteiger charge is 2.11. The van der Waals surface area contributed by atoms with E-state index in [1.807, 2.05) is 61.5 Å². The van der Waals surface area contributed by atoms with E-state index in [9.17, 15) is 10.1 Å². The average molecular weight is 374 g/mol. The molecule has 0 radical (unpaired) electrons. The third-order valence-electron chi connectivity index (χ3n) is 4.03. The van der Waals surface area contributed by atoms with Gasteiger partial charge in [0.05, 0.1) is 12.7 Å². The Kier molecular flexibility index (Phi) is 5.80. The number of benzene rings is 3. The first-order valence-electron chi connectivity index (χ1n) is 8.34. The first-order valence-corrected chi connectivity index (χ1v) is 9.15. The maximum atomic E-state index is 12.5. The Morgan fingerprint density at radius 2 is 1.81 bits per heavy atom. The van der Waals surface area contributed by atoms with E-state index < -0.39 is 0 Å². The van der Waals surface area contributed by atoms with Gasteiger partial charge in [-0.1, -0.05) is 30.0 Å². The van der Waals surface area contributed by atoms with Crippen molar-refractivity contribution in [3.63, 3.8) is 0 Å². The molecule has 0 saturated carbocycles. The second-order valence-electron chi connectivity index (χ2n) is 5.87. The summed E-state index contributed by atoms with van der Waals surface area (Å²) in [5.74, 6) is 0.599. The summed E-state index contributed by atoms with van der Waals surface area (Å²) in [6.07, 6.45) is 0. The largest absolute Gasteiger partial charge is 0.497 e. The van der Waals surface area contributed by atoms with Crippen molar-refractivity contribution in [2.24, 2.45) is 0 Å². The van der Waals surface area contributed by atoms with Crippen LogP contribution in [0.2, 0.25) is 0 Å². The molecule has 27 heavy (non-hydrogen) atoms. The summed E-state index contributed by atoms with van der Waals surface area (Å²) in [5.41, 5.74) is 2.63. The number of ether oxygens (including phenoxy) is 1. The maximum absolute atomic E-state index is 12.5. The summed E-state index contributed by atoms with van der Waals surface area (Å²) < 4.78 is 5.16. The van der Waals surface area contributed by atoms with E-state index in [4.69, 9.17) is 4.74 Å². The van der Waals surface area contributed by atoms with Crippen molar-refractivity contribution in [3.8, 4) is 11.8 Å². The number of hydrogen-bond donors (Lipinski definition) is 1. The number of carbonyl (C=O) groups is 1. The third kappa shape index (κ3) is 4.49. The van der Waals surface area contributed by atoms with Gasteiger partial charge >= 0.3 is 0 Å². The number of aryl methyl sites for hydroxylation is 1. The molecule has 0 saturated heterocycles. The summed E-state index contributed by atoms with van der Waals surface area (Å²) in [6, 6.07) is 22.6. The number of nitriles is 1. The van der Waals surface area contributed by atoms with Crippen molar-refractivity contribution in [1.29, 1.82) is 5.26 Å². The van der Waals surface area contributed by atoms with Crippen LogP contribution in [0, 0.1) is 18.3 Å². The molecule has 0 aliphatic heterocycles. The van der Waals surface area contributed by atoms with Crippen LogP contribution >= 0.6 is 11.8 Å². The zero-order chi connectivity index (χ0) is 19.2. The van der Waals surface area contributed by atoms with Crippen LogP contribution in [0.4, 0.5) is 5.69 Å². The fourth-order valence-corrected chi connectivity index (χ4v) is 3.46. The van der Waals surface area contributed by atoms with Gasteiger partial charge in [0, 0.05) is 21.0 Å². The van der Waals surface area contributed by atoms with Crippen LogP contribution in [0.5, 0.6) is 5.75 Å². The molecule has 0 aliphatic carbocycles.